The van der Waals surface area contributed by atoms with E-state index in [1.54, 1.807) is 0 Å². The van der Waals surface area contributed by atoms with Gasteiger partial charge in [-0.05, 0) is 0 Å². The van der Waals surface area contributed by atoms with Crippen molar-refractivity contribution in [2.75, 3.05) is 6.54 Å². The maximum atomic E-state index is 3.16. The fraction of sp³-hybridized carbons (Fsp3) is 0.750. The molecule has 0 aromatic rings. The molecule has 0 heterocycles. The third kappa shape index (κ3) is 4.52. The summed E-state index contributed by atoms with van der Waals surface area (Å²) in [6.45, 7) is 5.26. The van der Waals surface area contributed by atoms with Gasteiger partial charge in [0.15, 0.2) is 0 Å². The zero-order valence-electron chi connectivity index (χ0n) is 4.12. The van der Waals surface area contributed by atoms with Crippen molar-refractivity contribution in [3.05, 3.63) is 0 Å². The predicted molar refractivity (Wildman–Crippen MR) is 24.4 cm³/mol. The van der Waals surface area contributed by atoms with E-state index in [9.17, 15) is 0 Å². The summed E-state index contributed by atoms with van der Waals surface area (Å²) in [5.41, 5.74) is 0. The van der Waals surface area contributed by atoms with Crippen LogP contribution in [0.25, 0.3) is 0 Å². The van der Waals surface area contributed by atoms with Crippen LogP contribution in [0.2, 0.25) is 0 Å². The maximum absolute atomic E-state index is 3.16. The Bertz CT molecular complexity index is 51.5. The summed E-state index contributed by atoms with van der Waals surface area (Å²) in [5.74, 6) is 0. The first-order valence-electron chi connectivity index (χ1n) is 2.01. The molecule has 0 aromatic carbocycles. The van der Waals surface area contributed by atoms with Gasteiger partial charge in [-0.15, -0.1) is 0 Å². The predicted octanol–water partition coefficient (Wildman–Crippen LogP) is 0.293. The fourth-order valence-corrected chi connectivity index (χ4v) is 0.768. The topological polar surface area (TPSA) is 12.0 Å². The van der Waals surface area contributed by atoms with Crippen molar-refractivity contribution < 1.29 is 19.4 Å². The Labute approximate surface area is 49.5 Å². The second kappa shape index (κ2) is 3.70. The molecule has 0 unspecified atom stereocenters. The van der Waals surface area contributed by atoms with E-state index in [1.165, 1.54) is 23.4 Å². The third-order valence-electron chi connectivity index (χ3n) is 0.426. The molecule has 0 spiro atoms. The van der Waals surface area contributed by atoms with Crippen LogP contribution in [0, 0.1) is 0 Å². The van der Waals surface area contributed by atoms with Gasteiger partial charge in [0.1, 0.15) is 0 Å². The van der Waals surface area contributed by atoms with Crippen LogP contribution in [0.3, 0.4) is 0 Å². The molecular formula is C4H9NW. The Morgan fingerprint density at radius 1 is 1.83 bits per heavy atom. The monoisotopic (exact) mass is 255 g/mol. The van der Waals surface area contributed by atoms with Gasteiger partial charge in [-0.2, -0.15) is 0 Å². The van der Waals surface area contributed by atoms with Gasteiger partial charge in [0.05, 0.1) is 0 Å². The first-order valence-corrected chi connectivity index (χ1v) is 3.48. The molecule has 0 aliphatic heterocycles. The number of rotatable bonds is 2. The molecule has 0 aromatic heterocycles. The standard InChI is InChI=1S/C4H9N.W/c1-3-5-4-2;/h5H,3H2,1-2H3;. The zero-order chi connectivity index (χ0) is 4.99. The molecule has 0 amide bonds. The molecule has 1 N–H and O–H groups in total. The zero-order valence-corrected chi connectivity index (χ0v) is 7.05. The average molecular weight is 255 g/mol. The second-order valence-electron chi connectivity index (χ2n) is 1.09. The summed E-state index contributed by atoms with van der Waals surface area (Å²) in [7, 11) is 0. The van der Waals surface area contributed by atoms with Crippen LogP contribution in [0.4, 0.5) is 0 Å². The van der Waals surface area contributed by atoms with Gasteiger partial charge in [-0.3, -0.25) is 0 Å². The summed E-state index contributed by atoms with van der Waals surface area (Å²) >= 11 is 1.53. The Morgan fingerprint density at radius 2 is 2.33 bits per heavy atom. The van der Waals surface area contributed by atoms with Crippen molar-refractivity contribution in [3.8, 4) is 0 Å². The van der Waals surface area contributed by atoms with Gasteiger partial charge in [-0.1, -0.05) is 0 Å². The molecule has 2 heteroatoms. The summed E-state index contributed by atoms with van der Waals surface area (Å²) in [6, 6.07) is 0. The molecule has 0 saturated carbocycles. The molecule has 0 aliphatic carbocycles. The second-order valence-corrected chi connectivity index (χ2v) is 3.29. The fourth-order valence-electron chi connectivity index (χ4n) is 0.249. The van der Waals surface area contributed by atoms with Crippen molar-refractivity contribution in [2.45, 2.75) is 13.8 Å². The van der Waals surface area contributed by atoms with E-state index in [1.807, 2.05) is 0 Å². The van der Waals surface area contributed by atoms with E-state index in [4.69, 9.17) is 0 Å². The van der Waals surface area contributed by atoms with Gasteiger partial charge in [0.2, 0.25) is 0 Å². The molecule has 0 aliphatic rings. The first-order chi connectivity index (χ1) is 2.77. The van der Waals surface area contributed by atoms with Crippen LogP contribution in [0.15, 0.2) is 0 Å². The molecule has 36 valence electrons. The van der Waals surface area contributed by atoms with Crippen LogP contribution >= 0.6 is 0 Å². The number of hydrogen-bond donors (Lipinski definition) is 1. The van der Waals surface area contributed by atoms with Gasteiger partial charge >= 0.3 is 49.1 Å². The molecule has 0 radical (unpaired) electrons. The van der Waals surface area contributed by atoms with Crippen molar-refractivity contribution in [3.63, 3.8) is 0 Å². The van der Waals surface area contributed by atoms with Gasteiger partial charge < -0.3 is 0 Å². The van der Waals surface area contributed by atoms with Crippen molar-refractivity contribution >= 4 is 4.02 Å². The molecule has 0 saturated heterocycles. The van der Waals surface area contributed by atoms with Crippen LogP contribution in [-0.4, -0.2) is 10.6 Å². The summed E-state index contributed by atoms with van der Waals surface area (Å²) < 4.78 is 1.37. The molecule has 1 nitrogen and oxygen atoms in total. The van der Waals surface area contributed by atoms with Gasteiger partial charge in [-0.25, -0.2) is 0 Å². The molecule has 0 rings (SSSR count). The van der Waals surface area contributed by atoms with Gasteiger partial charge in [0, 0.05) is 0 Å². The average Bonchev–Trinajstić information content (AvgIpc) is 1.35. The molecular weight excluding hydrogens is 246 g/mol. The van der Waals surface area contributed by atoms with Crippen LogP contribution in [-0.2, 0) is 19.4 Å². The Kier molecular flexibility index (Phi) is 4.02. The van der Waals surface area contributed by atoms with E-state index in [0.29, 0.717) is 0 Å². The molecule has 0 bridgehead atoms. The quantitative estimate of drug-likeness (QED) is 0.747. The van der Waals surface area contributed by atoms with E-state index in [-0.39, 0.29) is 0 Å². The van der Waals surface area contributed by atoms with Gasteiger partial charge in [0.25, 0.3) is 0 Å². The molecule has 0 atom stereocenters. The normalized spacial score (nSPS) is 8.33. The van der Waals surface area contributed by atoms with Crippen LogP contribution in [0.5, 0.6) is 0 Å². The van der Waals surface area contributed by atoms with E-state index < -0.39 is 0 Å². The Hall–Kier alpha value is 0.518. The van der Waals surface area contributed by atoms with Crippen molar-refractivity contribution in [1.29, 1.82) is 0 Å². The minimum atomic E-state index is 1.06. The third-order valence-corrected chi connectivity index (χ3v) is 0.944. The number of hydrogen-bond acceptors (Lipinski definition) is 1. The SMILES string of the molecule is CCN[C](C)=[W]. The number of nitrogens with one attached hydrogen (secondary N) is 1. The van der Waals surface area contributed by atoms with E-state index in [0.717, 1.165) is 6.54 Å². The minimum absolute atomic E-state index is 1.06. The van der Waals surface area contributed by atoms with E-state index >= 15 is 0 Å². The molecule has 0 fully saturated rings. The van der Waals surface area contributed by atoms with Crippen molar-refractivity contribution in [1.82, 2.24) is 5.32 Å². The van der Waals surface area contributed by atoms with E-state index in [2.05, 4.69) is 19.2 Å². The van der Waals surface area contributed by atoms with Crippen LogP contribution in [0.1, 0.15) is 13.8 Å². The summed E-state index contributed by atoms with van der Waals surface area (Å²) in [6.07, 6.45) is 0. The van der Waals surface area contributed by atoms with Crippen LogP contribution < -0.4 is 5.32 Å². The van der Waals surface area contributed by atoms with Crippen molar-refractivity contribution in [2.24, 2.45) is 0 Å². The Morgan fingerprint density at radius 3 is 2.33 bits per heavy atom. The molecule has 6 heavy (non-hydrogen) atoms. The summed E-state index contributed by atoms with van der Waals surface area (Å²) in [5, 5.41) is 3.16. The summed E-state index contributed by atoms with van der Waals surface area (Å²) in [4.78, 5) is 0. The Balaban J connectivity index is 2.83. The first kappa shape index (κ1) is 6.52.